The molecule has 0 radical (unpaired) electrons. The molecule has 6 heteroatoms. The van der Waals surface area contributed by atoms with Crippen molar-refractivity contribution in [2.75, 3.05) is 0 Å². The molecule has 2 atom stereocenters. The first kappa shape index (κ1) is 13.7. The van der Waals surface area contributed by atoms with Gasteiger partial charge in [0, 0.05) is 12.1 Å². The van der Waals surface area contributed by atoms with Crippen molar-refractivity contribution in [3.8, 4) is 0 Å². The minimum Gasteiger partial charge on any atom is -0.390 e. The highest BCUT2D eigenvalue weighted by molar-refractivity contribution is 5.74. The van der Waals surface area contributed by atoms with Crippen LogP contribution in [0.25, 0.3) is 16.8 Å². The molecular formula is C16H21N5O. The van der Waals surface area contributed by atoms with Gasteiger partial charge >= 0.3 is 0 Å². The lowest BCUT2D eigenvalue weighted by Gasteiger charge is -2.21. The first-order chi connectivity index (χ1) is 10.5. The SMILES string of the molecule is CC(C)(O)CC1CCC(c2nnc3cnc4[nH]ccc4n23)C1. The molecule has 0 saturated heterocycles. The number of aliphatic hydroxyl groups is 1. The zero-order valence-corrected chi connectivity index (χ0v) is 13.0. The van der Waals surface area contributed by atoms with Crippen molar-refractivity contribution in [1.29, 1.82) is 0 Å². The minimum atomic E-state index is -0.593. The van der Waals surface area contributed by atoms with Crippen LogP contribution in [0.1, 0.15) is 51.3 Å². The van der Waals surface area contributed by atoms with Crippen molar-refractivity contribution in [1.82, 2.24) is 24.6 Å². The summed E-state index contributed by atoms with van der Waals surface area (Å²) in [4.78, 5) is 7.50. The fourth-order valence-electron chi connectivity index (χ4n) is 3.86. The van der Waals surface area contributed by atoms with Crippen LogP contribution in [0.5, 0.6) is 0 Å². The van der Waals surface area contributed by atoms with Crippen LogP contribution in [-0.2, 0) is 0 Å². The highest BCUT2D eigenvalue weighted by Gasteiger charge is 2.32. The molecule has 6 nitrogen and oxygen atoms in total. The molecule has 0 aromatic carbocycles. The maximum Gasteiger partial charge on any atom is 0.179 e. The molecule has 3 aromatic rings. The number of hydrogen-bond donors (Lipinski definition) is 2. The van der Waals surface area contributed by atoms with Gasteiger partial charge in [-0.05, 0) is 51.5 Å². The lowest BCUT2D eigenvalue weighted by atomic mass is 9.91. The minimum absolute atomic E-state index is 0.405. The molecule has 1 fully saturated rings. The average molecular weight is 299 g/mol. The quantitative estimate of drug-likeness (QED) is 0.779. The van der Waals surface area contributed by atoms with Gasteiger partial charge in [0.15, 0.2) is 11.3 Å². The Bertz CT molecular complexity index is 813. The number of nitrogens with zero attached hydrogens (tertiary/aromatic N) is 4. The molecule has 2 N–H and O–H groups in total. The summed E-state index contributed by atoms with van der Waals surface area (Å²) in [6.07, 6.45) is 7.83. The largest absolute Gasteiger partial charge is 0.390 e. The Morgan fingerprint density at radius 3 is 3.05 bits per heavy atom. The Labute approximate surface area is 128 Å². The summed E-state index contributed by atoms with van der Waals surface area (Å²) in [5.74, 6) is 1.99. The number of hydrogen-bond acceptors (Lipinski definition) is 4. The predicted molar refractivity (Wildman–Crippen MR) is 83.6 cm³/mol. The van der Waals surface area contributed by atoms with E-state index in [1.165, 1.54) is 0 Å². The van der Waals surface area contributed by atoms with Crippen molar-refractivity contribution >= 4 is 16.8 Å². The highest BCUT2D eigenvalue weighted by Crippen LogP contribution is 2.41. The summed E-state index contributed by atoms with van der Waals surface area (Å²) in [5.41, 5.74) is 2.10. The molecule has 2 unspecified atom stereocenters. The molecule has 0 amide bonds. The van der Waals surface area contributed by atoms with E-state index in [2.05, 4.69) is 24.6 Å². The van der Waals surface area contributed by atoms with Crippen LogP contribution in [-0.4, -0.2) is 35.3 Å². The van der Waals surface area contributed by atoms with E-state index in [4.69, 9.17) is 0 Å². The standard InChI is InChI=1S/C16H21N5O/c1-16(2,22)8-10-3-4-11(7-10)15-20-19-13-9-18-14-12(21(13)15)5-6-17-14/h5-6,9-11,17,22H,3-4,7-8H2,1-2H3. The molecule has 1 aliphatic carbocycles. The van der Waals surface area contributed by atoms with Crippen LogP contribution < -0.4 is 0 Å². The van der Waals surface area contributed by atoms with Gasteiger partial charge in [0.2, 0.25) is 0 Å². The van der Waals surface area contributed by atoms with Gasteiger partial charge in [0.25, 0.3) is 0 Å². The molecule has 22 heavy (non-hydrogen) atoms. The number of aromatic nitrogens is 5. The summed E-state index contributed by atoms with van der Waals surface area (Å²) < 4.78 is 2.12. The average Bonchev–Trinajstić information content (AvgIpc) is 3.13. The van der Waals surface area contributed by atoms with E-state index in [1.54, 1.807) is 6.20 Å². The van der Waals surface area contributed by atoms with Crippen LogP contribution in [0.4, 0.5) is 0 Å². The Hall–Kier alpha value is -1.95. The third-order valence-electron chi connectivity index (χ3n) is 4.66. The van der Waals surface area contributed by atoms with Crippen LogP contribution in [0.15, 0.2) is 18.5 Å². The van der Waals surface area contributed by atoms with E-state index in [0.29, 0.717) is 11.8 Å². The van der Waals surface area contributed by atoms with E-state index in [9.17, 15) is 5.11 Å². The molecule has 0 bridgehead atoms. The van der Waals surface area contributed by atoms with Crippen LogP contribution in [0.3, 0.4) is 0 Å². The highest BCUT2D eigenvalue weighted by atomic mass is 16.3. The van der Waals surface area contributed by atoms with Crippen LogP contribution in [0.2, 0.25) is 0 Å². The topological polar surface area (TPSA) is 79.1 Å². The van der Waals surface area contributed by atoms with Gasteiger partial charge in [-0.25, -0.2) is 4.98 Å². The Morgan fingerprint density at radius 2 is 2.23 bits per heavy atom. The lowest BCUT2D eigenvalue weighted by Crippen LogP contribution is -2.22. The zero-order valence-electron chi connectivity index (χ0n) is 13.0. The first-order valence-corrected chi connectivity index (χ1v) is 7.91. The number of fused-ring (bicyclic) bond motifs is 3. The van der Waals surface area contributed by atoms with Crippen molar-refractivity contribution < 1.29 is 5.11 Å². The lowest BCUT2D eigenvalue weighted by molar-refractivity contribution is 0.0532. The fraction of sp³-hybridized carbons (Fsp3) is 0.562. The normalized spacial score (nSPS) is 22.9. The van der Waals surface area contributed by atoms with Gasteiger partial charge in [-0.1, -0.05) is 0 Å². The summed E-state index contributed by atoms with van der Waals surface area (Å²) >= 11 is 0. The van der Waals surface area contributed by atoms with Gasteiger partial charge in [-0.2, -0.15) is 0 Å². The third kappa shape index (κ3) is 2.27. The third-order valence-corrected chi connectivity index (χ3v) is 4.66. The van der Waals surface area contributed by atoms with E-state index < -0.39 is 5.60 Å². The molecule has 4 rings (SSSR count). The molecule has 3 aromatic heterocycles. The summed E-state index contributed by atoms with van der Waals surface area (Å²) in [5, 5.41) is 18.7. The van der Waals surface area contributed by atoms with Crippen molar-refractivity contribution in [2.45, 2.75) is 51.0 Å². The van der Waals surface area contributed by atoms with Gasteiger partial charge in [0.1, 0.15) is 5.82 Å². The predicted octanol–water partition coefficient (Wildman–Crippen LogP) is 2.65. The Kier molecular flexibility index (Phi) is 2.97. The number of nitrogens with one attached hydrogen (secondary N) is 1. The van der Waals surface area contributed by atoms with Gasteiger partial charge in [-0.15, -0.1) is 10.2 Å². The maximum absolute atomic E-state index is 10.0. The van der Waals surface area contributed by atoms with Crippen molar-refractivity contribution in [2.24, 2.45) is 5.92 Å². The second-order valence-corrected chi connectivity index (χ2v) is 7.11. The van der Waals surface area contributed by atoms with Gasteiger partial charge in [-0.3, -0.25) is 4.40 Å². The summed E-state index contributed by atoms with van der Waals surface area (Å²) in [7, 11) is 0. The van der Waals surface area contributed by atoms with Gasteiger partial charge < -0.3 is 10.1 Å². The Balaban J connectivity index is 1.69. The molecule has 3 heterocycles. The summed E-state index contributed by atoms with van der Waals surface area (Å²) in [6.45, 7) is 3.78. The smallest absolute Gasteiger partial charge is 0.179 e. The monoisotopic (exact) mass is 299 g/mol. The zero-order chi connectivity index (χ0) is 15.3. The number of aromatic amines is 1. The maximum atomic E-state index is 10.0. The molecule has 0 spiro atoms. The molecular weight excluding hydrogens is 278 g/mol. The Morgan fingerprint density at radius 1 is 1.36 bits per heavy atom. The molecule has 1 aliphatic rings. The van der Waals surface area contributed by atoms with E-state index in [1.807, 2.05) is 26.1 Å². The number of H-pyrrole nitrogens is 1. The van der Waals surface area contributed by atoms with E-state index >= 15 is 0 Å². The summed E-state index contributed by atoms with van der Waals surface area (Å²) in [6, 6.07) is 2.02. The van der Waals surface area contributed by atoms with Crippen LogP contribution in [0, 0.1) is 5.92 Å². The van der Waals surface area contributed by atoms with Gasteiger partial charge in [0.05, 0.1) is 17.3 Å². The molecule has 1 saturated carbocycles. The van der Waals surface area contributed by atoms with Crippen molar-refractivity contribution in [3.05, 3.63) is 24.3 Å². The van der Waals surface area contributed by atoms with E-state index in [-0.39, 0.29) is 0 Å². The molecule has 116 valence electrons. The molecule has 0 aliphatic heterocycles. The second kappa shape index (κ2) is 4.78. The number of rotatable bonds is 3. The fourth-order valence-corrected chi connectivity index (χ4v) is 3.86. The second-order valence-electron chi connectivity index (χ2n) is 7.11. The van der Waals surface area contributed by atoms with E-state index in [0.717, 1.165) is 48.3 Å². The first-order valence-electron chi connectivity index (χ1n) is 7.91. The van der Waals surface area contributed by atoms with Crippen molar-refractivity contribution in [3.63, 3.8) is 0 Å². The van der Waals surface area contributed by atoms with Crippen LogP contribution >= 0.6 is 0 Å².